The highest BCUT2D eigenvalue weighted by molar-refractivity contribution is 9.10. The Morgan fingerprint density at radius 3 is 2.17 bits per heavy atom. The van der Waals surface area contributed by atoms with E-state index in [1.165, 1.54) is 0 Å². The van der Waals surface area contributed by atoms with Crippen LogP contribution >= 0.6 is 15.9 Å². The standard InChI is InChI=1S/C30H36BrN5O5/c1-18(37)19-6-8-20(9-7-19)34-12-14-35(15-13-34)24-11-10-23-25(31)26(28(38)39)36(27(23)32-24)22-16-21(17-22)33(5)29(40)41-30(2,3)4/h6-11,21-22H,12-17H2,1-5H3,(H,38,39). The Bertz CT molecular complexity index is 1480. The normalized spacial score (nSPS) is 19.2. The summed E-state index contributed by atoms with van der Waals surface area (Å²) in [5.41, 5.74) is 1.99. The SMILES string of the molecule is CC(=O)c1ccc(N2CCN(c3ccc4c(Br)c(C(=O)O)n(C5CC(N(C)C(=O)OC(C)(C)C)C5)c4n3)CC2)cc1. The van der Waals surface area contributed by atoms with Gasteiger partial charge in [0.1, 0.15) is 22.8 Å². The summed E-state index contributed by atoms with van der Waals surface area (Å²) >= 11 is 3.53. The van der Waals surface area contributed by atoms with Crippen LogP contribution in [0, 0.1) is 0 Å². The Kier molecular flexibility index (Phi) is 7.76. The van der Waals surface area contributed by atoms with E-state index in [0.717, 1.165) is 43.1 Å². The maximum atomic E-state index is 12.6. The zero-order valence-electron chi connectivity index (χ0n) is 24.1. The van der Waals surface area contributed by atoms with Crippen molar-refractivity contribution < 1.29 is 24.2 Å². The minimum Gasteiger partial charge on any atom is -0.477 e. The Morgan fingerprint density at radius 1 is 1.00 bits per heavy atom. The van der Waals surface area contributed by atoms with Gasteiger partial charge in [-0.25, -0.2) is 14.6 Å². The van der Waals surface area contributed by atoms with E-state index in [1.807, 2.05) is 61.7 Å². The van der Waals surface area contributed by atoms with Crippen LogP contribution < -0.4 is 9.80 Å². The van der Waals surface area contributed by atoms with Crippen LogP contribution in [0.1, 0.15) is 67.4 Å². The number of Topliss-reactive ketones (excluding diaryl/α,β-unsaturated/α-hetero) is 1. The van der Waals surface area contributed by atoms with Crippen LogP contribution in [0.25, 0.3) is 11.0 Å². The number of rotatable bonds is 6. The number of amides is 1. The molecule has 0 radical (unpaired) electrons. The van der Waals surface area contributed by atoms with Crippen molar-refractivity contribution in [2.45, 2.75) is 58.2 Å². The number of fused-ring (bicyclic) bond motifs is 1. The number of carbonyl (C=O) groups excluding carboxylic acids is 2. The van der Waals surface area contributed by atoms with Gasteiger partial charge in [0.25, 0.3) is 0 Å². The Hall–Kier alpha value is -3.60. The van der Waals surface area contributed by atoms with Crippen molar-refractivity contribution in [2.75, 3.05) is 43.0 Å². The van der Waals surface area contributed by atoms with Crippen LogP contribution in [-0.2, 0) is 4.74 Å². The Morgan fingerprint density at radius 2 is 1.61 bits per heavy atom. The summed E-state index contributed by atoms with van der Waals surface area (Å²) in [6, 6.07) is 11.4. The molecule has 0 spiro atoms. The molecular weight excluding hydrogens is 590 g/mol. The number of aromatic carboxylic acids is 1. The average molecular weight is 627 g/mol. The highest BCUT2D eigenvalue weighted by Gasteiger charge is 2.40. The molecule has 1 aromatic carbocycles. The molecule has 218 valence electrons. The number of hydrogen-bond donors (Lipinski definition) is 1. The second-order valence-electron chi connectivity index (χ2n) is 11.8. The van der Waals surface area contributed by atoms with Gasteiger partial charge in [-0.3, -0.25) is 4.79 Å². The highest BCUT2D eigenvalue weighted by atomic mass is 79.9. The molecule has 1 aliphatic heterocycles. The van der Waals surface area contributed by atoms with Crippen molar-refractivity contribution in [1.29, 1.82) is 0 Å². The van der Waals surface area contributed by atoms with E-state index >= 15 is 0 Å². The molecule has 41 heavy (non-hydrogen) atoms. The molecule has 2 fully saturated rings. The van der Waals surface area contributed by atoms with E-state index in [9.17, 15) is 19.5 Å². The number of benzene rings is 1. The summed E-state index contributed by atoms with van der Waals surface area (Å²) in [5, 5.41) is 10.9. The third-order valence-corrected chi connectivity index (χ3v) is 8.70. The molecule has 11 heteroatoms. The first kappa shape index (κ1) is 28.9. The molecule has 1 amide bonds. The van der Waals surface area contributed by atoms with E-state index in [1.54, 1.807) is 18.9 Å². The molecule has 1 saturated heterocycles. The van der Waals surface area contributed by atoms with Crippen LogP contribution in [0.15, 0.2) is 40.9 Å². The maximum absolute atomic E-state index is 12.6. The molecule has 1 aliphatic carbocycles. The smallest absolute Gasteiger partial charge is 0.410 e. The average Bonchev–Trinajstić information content (AvgIpc) is 3.18. The Labute approximate surface area is 248 Å². The number of hydrogen-bond acceptors (Lipinski definition) is 7. The quantitative estimate of drug-likeness (QED) is 0.353. The van der Waals surface area contributed by atoms with E-state index in [2.05, 4.69) is 25.7 Å². The van der Waals surface area contributed by atoms with Crippen LogP contribution in [0.5, 0.6) is 0 Å². The molecule has 3 heterocycles. The van der Waals surface area contributed by atoms with Gasteiger partial charge in [0, 0.05) is 61.9 Å². The topological polar surface area (TPSA) is 108 Å². The van der Waals surface area contributed by atoms with Gasteiger partial charge in [-0.15, -0.1) is 0 Å². The van der Waals surface area contributed by atoms with Gasteiger partial charge in [0.15, 0.2) is 5.78 Å². The summed E-state index contributed by atoms with van der Waals surface area (Å²) in [7, 11) is 1.73. The van der Waals surface area contributed by atoms with E-state index in [4.69, 9.17) is 9.72 Å². The van der Waals surface area contributed by atoms with Crippen molar-refractivity contribution in [3.8, 4) is 0 Å². The molecule has 1 N–H and O–H groups in total. The van der Waals surface area contributed by atoms with Gasteiger partial charge in [-0.2, -0.15) is 0 Å². The van der Waals surface area contributed by atoms with Gasteiger partial charge in [-0.1, -0.05) is 0 Å². The third kappa shape index (κ3) is 5.77. The van der Waals surface area contributed by atoms with Gasteiger partial charge in [0.05, 0.1) is 4.47 Å². The number of carbonyl (C=O) groups is 3. The van der Waals surface area contributed by atoms with Crippen LogP contribution in [0.2, 0.25) is 0 Å². The van der Waals surface area contributed by atoms with Crippen LogP contribution in [0.3, 0.4) is 0 Å². The Balaban J connectivity index is 1.34. The van der Waals surface area contributed by atoms with Crippen LogP contribution in [0.4, 0.5) is 16.3 Å². The van der Waals surface area contributed by atoms with Crippen molar-refractivity contribution >= 4 is 56.3 Å². The first-order chi connectivity index (χ1) is 19.3. The number of carboxylic acid groups (broad SMARTS) is 1. The lowest BCUT2D eigenvalue weighted by molar-refractivity contribution is 0.00763. The highest BCUT2D eigenvalue weighted by Crippen LogP contribution is 2.42. The van der Waals surface area contributed by atoms with Crippen molar-refractivity contribution in [3.05, 3.63) is 52.1 Å². The number of aromatic nitrogens is 2. The lowest BCUT2D eigenvalue weighted by atomic mass is 9.85. The monoisotopic (exact) mass is 625 g/mol. The number of nitrogens with zero attached hydrogens (tertiary/aromatic N) is 5. The first-order valence-corrected chi connectivity index (χ1v) is 14.6. The molecule has 10 nitrogen and oxygen atoms in total. The summed E-state index contributed by atoms with van der Waals surface area (Å²) in [4.78, 5) is 47.6. The largest absolute Gasteiger partial charge is 0.477 e. The molecular formula is C30H36BrN5O5. The first-order valence-electron chi connectivity index (χ1n) is 13.8. The fourth-order valence-electron chi connectivity index (χ4n) is 5.53. The van der Waals surface area contributed by atoms with Crippen molar-refractivity contribution in [1.82, 2.24) is 14.5 Å². The summed E-state index contributed by atoms with van der Waals surface area (Å²) in [6.07, 6.45) is 0.839. The van der Waals surface area contributed by atoms with Crippen molar-refractivity contribution in [3.63, 3.8) is 0 Å². The number of ether oxygens (including phenoxy) is 1. The molecule has 1 saturated carbocycles. The summed E-state index contributed by atoms with van der Waals surface area (Å²) in [5.74, 6) is -0.170. The predicted molar refractivity (Wildman–Crippen MR) is 161 cm³/mol. The van der Waals surface area contributed by atoms with Gasteiger partial charge in [0.2, 0.25) is 0 Å². The summed E-state index contributed by atoms with van der Waals surface area (Å²) in [6.45, 7) is 10.2. The second-order valence-corrected chi connectivity index (χ2v) is 12.6. The lowest BCUT2D eigenvalue weighted by Crippen LogP contribution is -2.48. The molecule has 2 aromatic heterocycles. The second kappa shape index (κ2) is 11.0. The third-order valence-electron chi connectivity index (χ3n) is 7.90. The molecule has 0 atom stereocenters. The zero-order chi connectivity index (χ0) is 29.6. The lowest BCUT2D eigenvalue weighted by Gasteiger charge is -2.42. The predicted octanol–water partition coefficient (Wildman–Crippen LogP) is 5.60. The number of carboxylic acids is 1. The van der Waals surface area contributed by atoms with Gasteiger partial charge < -0.3 is 29.1 Å². The van der Waals surface area contributed by atoms with Gasteiger partial charge >= 0.3 is 12.1 Å². The minimum atomic E-state index is -1.02. The molecule has 0 bridgehead atoms. The zero-order valence-corrected chi connectivity index (χ0v) is 25.6. The number of halogens is 1. The number of piperazine rings is 1. The van der Waals surface area contributed by atoms with E-state index in [-0.39, 0.29) is 29.7 Å². The number of pyridine rings is 1. The number of anilines is 2. The number of ketones is 1. The molecule has 2 aliphatic rings. The van der Waals surface area contributed by atoms with E-state index < -0.39 is 11.6 Å². The van der Waals surface area contributed by atoms with E-state index in [0.29, 0.717) is 28.5 Å². The van der Waals surface area contributed by atoms with Crippen molar-refractivity contribution in [2.24, 2.45) is 0 Å². The molecule has 0 unspecified atom stereocenters. The molecule has 5 rings (SSSR count). The van der Waals surface area contributed by atoms with Crippen LogP contribution in [-0.4, -0.2) is 82.3 Å². The van der Waals surface area contributed by atoms with Gasteiger partial charge in [-0.05, 0) is 92.9 Å². The maximum Gasteiger partial charge on any atom is 0.410 e. The molecule has 3 aromatic rings. The fourth-order valence-corrected chi connectivity index (χ4v) is 6.20. The fraction of sp³-hybridized carbons (Fsp3) is 0.467. The minimum absolute atomic E-state index is 0.0477. The summed E-state index contributed by atoms with van der Waals surface area (Å²) < 4.78 is 7.84.